The molecule has 2 N–H and O–H groups in total. The van der Waals surface area contributed by atoms with Crippen LogP contribution in [-0.2, 0) is 10.0 Å². The summed E-state index contributed by atoms with van der Waals surface area (Å²) < 4.78 is 41.7. The number of aromatic nitrogens is 2. The van der Waals surface area contributed by atoms with Crippen LogP contribution in [0.15, 0.2) is 35.7 Å². The largest absolute Gasteiger partial charge is 0.481 e. The maximum atomic E-state index is 11.7. The first-order valence-corrected chi connectivity index (χ1v) is 8.10. The molecule has 8 nitrogen and oxygen atoms in total. The highest BCUT2D eigenvalue weighted by Gasteiger charge is 2.14. The fraction of sp³-hybridized carbons (Fsp3) is 0.214. The van der Waals surface area contributed by atoms with Gasteiger partial charge in [-0.3, -0.25) is 0 Å². The van der Waals surface area contributed by atoms with Gasteiger partial charge in [-0.05, 0) is 12.1 Å². The first kappa shape index (κ1) is 15.2. The van der Waals surface area contributed by atoms with Crippen molar-refractivity contribution in [2.45, 2.75) is 5.03 Å². The van der Waals surface area contributed by atoms with Crippen molar-refractivity contribution in [1.82, 2.24) is 14.7 Å². The quantitative estimate of drug-likeness (QED) is 0.772. The van der Waals surface area contributed by atoms with Crippen molar-refractivity contribution in [3.8, 4) is 29.1 Å². The van der Waals surface area contributed by atoms with Crippen LogP contribution in [0.5, 0.6) is 17.2 Å². The van der Waals surface area contributed by atoms with Crippen LogP contribution in [0.1, 0.15) is 0 Å². The Balaban J connectivity index is 1.46. The van der Waals surface area contributed by atoms with E-state index in [0.717, 1.165) is 0 Å². The summed E-state index contributed by atoms with van der Waals surface area (Å²) in [5.41, 5.74) is 0. The van der Waals surface area contributed by atoms with Gasteiger partial charge in [-0.25, -0.2) is 13.4 Å². The molecular weight excluding hydrogens is 322 g/mol. The molecule has 1 aromatic heterocycles. The van der Waals surface area contributed by atoms with E-state index in [4.69, 9.17) is 14.2 Å². The Morgan fingerprint density at radius 1 is 1.30 bits per heavy atom. The second-order valence-electron chi connectivity index (χ2n) is 4.40. The molecule has 23 heavy (non-hydrogen) atoms. The summed E-state index contributed by atoms with van der Waals surface area (Å²) >= 11 is 0. The summed E-state index contributed by atoms with van der Waals surface area (Å²) in [5, 5.41) is -0.00379. The van der Waals surface area contributed by atoms with E-state index in [1.54, 1.807) is 18.2 Å². The molecule has 2 aromatic rings. The zero-order valence-electron chi connectivity index (χ0n) is 11.9. The topological polar surface area (TPSA) is 103 Å². The van der Waals surface area contributed by atoms with E-state index >= 15 is 0 Å². The van der Waals surface area contributed by atoms with Gasteiger partial charge >= 0.3 is 0 Å². The molecule has 0 atom stereocenters. The van der Waals surface area contributed by atoms with Crippen LogP contribution >= 0.6 is 0 Å². The van der Waals surface area contributed by atoms with E-state index in [1.165, 1.54) is 12.5 Å². The van der Waals surface area contributed by atoms with Crippen molar-refractivity contribution in [2.24, 2.45) is 0 Å². The third-order valence-electron chi connectivity index (χ3n) is 2.89. The number of sulfonamides is 1. The number of hydrogen-bond acceptors (Lipinski definition) is 6. The molecule has 3 rings (SSSR count). The van der Waals surface area contributed by atoms with E-state index < -0.39 is 10.0 Å². The number of ether oxygens (including phenoxy) is 3. The van der Waals surface area contributed by atoms with Crippen molar-refractivity contribution in [1.29, 1.82) is 0 Å². The van der Waals surface area contributed by atoms with Crippen LogP contribution in [0, 0.1) is 11.8 Å². The minimum absolute atomic E-state index is 0.00379. The third-order valence-corrected chi connectivity index (χ3v) is 4.22. The molecule has 0 aliphatic carbocycles. The number of imidazole rings is 1. The molecule has 0 saturated carbocycles. The maximum absolute atomic E-state index is 11.7. The summed E-state index contributed by atoms with van der Waals surface area (Å²) in [7, 11) is -3.60. The number of nitrogens with zero attached hydrogens (tertiary/aromatic N) is 1. The second-order valence-corrected chi connectivity index (χ2v) is 6.13. The van der Waals surface area contributed by atoms with Gasteiger partial charge in [0.15, 0.2) is 16.5 Å². The summed E-state index contributed by atoms with van der Waals surface area (Å²) in [5.74, 6) is 7.30. The van der Waals surface area contributed by atoms with Crippen molar-refractivity contribution in [2.75, 3.05) is 19.9 Å². The predicted octanol–water partition coefficient (Wildman–Crippen LogP) is 0.499. The van der Waals surface area contributed by atoms with Crippen molar-refractivity contribution < 1.29 is 22.6 Å². The van der Waals surface area contributed by atoms with Gasteiger partial charge < -0.3 is 19.2 Å². The van der Waals surface area contributed by atoms with Gasteiger partial charge in [0.2, 0.25) is 6.79 Å². The summed E-state index contributed by atoms with van der Waals surface area (Å²) in [4.78, 5) is 6.17. The Hall–Kier alpha value is -2.70. The van der Waals surface area contributed by atoms with Gasteiger partial charge in [-0.2, -0.15) is 4.72 Å². The number of aromatic amines is 1. The summed E-state index contributed by atoms with van der Waals surface area (Å²) in [6.45, 7) is 0.312. The van der Waals surface area contributed by atoms with Crippen LogP contribution in [0.2, 0.25) is 0 Å². The molecule has 1 aliphatic heterocycles. The SMILES string of the molecule is O=S(=O)(NCC#CCOc1ccc2c(c1)OCO2)c1cnc[nH]1. The number of benzene rings is 1. The average molecular weight is 335 g/mol. The van der Waals surface area contributed by atoms with Crippen LogP contribution < -0.4 is 18.9 Å². The monoisotopic (exact) mass is 335 g/mol. The molecule has 1 aromatic carbocycles. The Morgan fingerprint density at radius 3 is 3.00 bits per heavy atom. The first-order chi connectivity index (χ1) is 11.1. The molecule has 0 fully saturated rings. The number of nitrogens with one attached hydrogen (secondary N) is 2. The Kier molecular flexibility index (Phi) is 4.36. The van der Waals surface area contributed by atoms with E-state index in [0.29, 0.717) is 17.2 Å². The lowest BCUT2D eigenvalue weighted by molar-refractivity contribution is 0.174. The summed E-state index contributed by atoms with van der Waals surface area (Å²) in [6, 6.07) is 5.21. The fourth-order valence-electron chi connectivity index (χ4n) is 1.80. The molecule has 0 saturated heterocycles. The van der Waals surface area contributed by atoms with Gasteiger partial charge in [-0.1, -0.05) is 11.8 Å². The standard InChI is InChI=1S/C14H13N3O5S/c18-23(19,14-8-15-9-16-14)17-5-1-2-6-20-11-3-4-12-13(7-11)22-10-21-12/h3-4,7-9,17H,5-6,10H2,(H,15,16). The molecular formula is C14H13N3O5S. The molecule has 0 spiro atoms. The smallest absolute Gasteiger partial charge is 0.258 e. The Labute approximate surface area is 132 Å². The zero-order valence-corrected chi connectivity index (χ0v) is 12.7. The van der Waals surface area contributed by atoms with Crippen LogP contribution in [0.4, 0.5) is 0 Å². The molecule has 120 valence electrons. The minimum atomic E-state index is -3.60. The van der Waals surface area contributed by atoms with Gasteiger partial charge in [0.1, 0.15) is 12.4 Å². The highest BCUT2D eigenvalue weighted by atomic mass is 32.2. The van der Waals surface area contributed by atoms with Gasteiger partial charge in [0.25, 0.3) is 10.0 Å². The Morgan fingerprint density at radius 2 is 2.17 bits per heavy atom. The van der Waals surface area contributed by atoms with Crippen molar-refractivity contribution >= 4 is 10.0 Å². The predicted molar refractivity (Wildman–Crippen MR) is 79.6 cm³/mol. The molecule has 0 amide bonds. The number of H-pyrrole nitrogens is 1. The van der Waals surface area contributed by atoms with Crippen molar-refractivity contribution in [3.63, 3.8) is 0 Å². The highest BCUT2D eigenvalue weighted by Crippen LogP contribution is 2.34. The average Bonchev–Trinajstić information content (AvgIpc) is 3.21. The highest BCUT2D eigenvalue weighted by molar-refractivity contribution is 7.89. The fourth-order valence-corrected chi connectivity index (χ4v) is 2.62. The van der Waals surface area contributed by atoms with Gasteiger partial charge in [0, 0.05) is 6.07 Å². The molecule has 2 heterocycles. The van der Waals surface area contributed by atoms with Crippen LogP contribution in [-0.4, -0.2) is 38.3 Å². The van der Waals surface area contributed by atoms with E-state index in [9.17, 15) is 8.42 Å². The number of fused-ring (bicyclic) bond motifs is 1. The molecule has 9 heteroatoms. The van der Waals surface area contributed by atoms with E-state index in [1.807, 2.05) is 0 Å². The lowest BCUT2D eigenvalue weighted by atomic mass is 10.3. The number of hydrogen-bond donors (Lipinski definition) is 2. The zero-order chi connectivity index (χ0) is 16.1. The normalized spacial score (nSPS) is 12.5. The van der Waals surface area contributed by atoms with E-state index in [-0.39, 0.29) is 25.0 Å². The molecule has 1 aliphatic rings. The van der Waals surface area contributed by atoms with Crippen LogP contribution in [0.25, 0.3) is 0 Å². The van der Waals surface area contributed by atoms with Gasteiger partial charge in [-0.15, -0.1) is 0 Å². The molecule has 0 radical (unpaired) electrons. The lowest BCUT2D eigenvalue weighted by Gasteiger charge is -2.03. The third kappa shape index (κ3) is 3.74. The minimum Gasteiger partial charge on any atom is -0.481 e. The van der Waals surface area contributed by atoms with Gasteiger partial charge in [0.05, 0.1) is 19.1 Å². The first-order valence-electron chi connectivity index (χ1n) is 6.61. The second kappa shape index (κ2) is 6.60. The maximum Gasteiger partial charge on any atom is 0.258 e. The van der Waals surface area contributed by atoms with Crippen LogP contribution in [0.3, 0.4) is 0 Å². The Bertz CT molecular complexity index is 837. The van der Waals surface area contributed by atoms with Crippen molar-refractivity contribution in [3.05, 3.63) is 30.7 Å². The summed E-state index contributed by atoms with van der Waals surface area (Å²) in [6.07, 6.45) is 2.51. The molecule has 0 unspecified atom stereocenters. The van der Waals surface area contributed by atoms with E-state index in [2.05, 4.69) is 26.5 Å². The molecule has 0 bridgehead atoms. The number of rotatable bonds is 5. The lowest BCUT2D eigenvalue weighted by Crippen LogP contribution is -2.24.